The van der Waals surface area contributed by atoms with Crippen LogP contribution in [0.3, 0.4) is 0 Å². The third-order valence-corrected chi connectivity index (χ3v) is 9.22. The summed E-state index contributed by atoms with van der Waals surface area (Å²) in [6.45, 7) is 18.3. The van der Waals surface area contributed by atoms with Crippen molar-refractivity contribution in [3.63, 3.8) is 0 Å². The maximum atomic E-state index is 3.85. The zero-order chi connectivity index (χ0) is 9.99. The Balaban J connectivity index is 4.61. The molecule has 0 aromatic rings. The molecule has 0 aromatic heterocycles. The Kier molecular flexibility index (Phi) is 3.76. The zero-order valence-corrected chi connectivity index (χ0v) is 10.6. The second-order valence-electron chi connectivity index (χ2n) is 5.25. The number of rotatable bonds is 4. The van der Waals surface area contributed by atoms with Gasteiger partial charge in [0.2, 0.25) is 0 Å². The van der Waals surface area contributed by atoms with Crippen molar-refractivity contribution in [3.05, 3.63) is 12.7 Å². The van der Waals surface area contributed by atoms with E-state index in [1.807, 2.05) is 0 Å². The van der Waals surface area contributed by atoms with Gasteiger partial charge in [0.1, 0.15) is 0 Å². The topological polar surface area (TPSA) is 0 Å². The van der Waals surface area contributed by atoms with Gasteiger partial charge in [-0.3, -0.25) is 0 Å². The SMILES string of the molecule is C=CC[Si](C)(C)C(C)(C)C(C)C. The first-order valence-corrected chi connectivity index (χ1v) is 8.07. The van der Waals surface area contributed by atoms with Crippen molar-refractivity contribution in [2.45, 2.75) is 51.9 Å². The van der Waals surface area contributed by atoms with Gasteiger partial charge in [-0.15, -0.1) is 6.58 Å². The molecule has 0 aliphatic carbocycles. The molecule has 0 aromatic carbocycles. The summed E-state index contributed by atoms with van der Waals surface area (Å²) in [5.41, 5.74) is 0. The Morgan fingerprint density at radius 2 is 1.75 bits per heavy atom. The summed E-state index contributed by atoms with van der Waals surface area (Å²) in [7, 11) is -1.11. The molecule has 12 heavy (non-hydrogen) atoms. The van der Waals surface area contributed by atoms with Gasteiger partial charge in [-0.1, -0.05) is 46.9 Å². The molecule has 0 unspecified atom stereocenters. The molecule has 0 heterocycles. The lowest BCUT2D eigenvalue weighted by Gasteiger charge is -2.43. The molecule has 0 saturated carbocycles. The van der Waals surface area contributed by atoms with Crippen LogP contribution in [-0.4, -0.2) is 8.07 Å². The first-order valence-electron chi connectivity index (χ1n) is 4.86. The molecule has 0 N–H and O–H groups in total. The second kappa shape index (κ2) is 3.78. The van der Waals surface area contributed by atoms with E-state index in [2.05, 4.69) is 53.4 Å². The maximum absolute atomic E-state index is 3.85. The highest BCUT2D eigenvalue weighted by Crippen LogP contribution is 2.45. The minimum atomic E-state index is -1.11. The molecule has 0 saturated heterocycles. The molecular weight excluding hydrogens is 160 g/mol. The first kappa shape index (κ1) is 12.0. The van der Waals surface area contributed by atoms with E-state index in [9.17, 15) is 0 Å². The fourth-order valence-electron chi connectivity index (χ4n) is 1.41. The zero-order valence-electron chi connectivity index (χ0n) is 9.57. The molecule has 0 rings (SSSR count). The van der Waals surface area contributed by atoms with Gasteiger partial charge >= 0.3 is 0 Å². The predicted molar refractivity (Wildman–Crippen MR) is 61.4 cm³/mol. The fraction of sp³-hybridized carbons (Fsp3) is 0.818. The Hall–Kier alpha value is -0.0431. The normalized spacial score (nSPS) is 13.6. The van der Waals surface area contributed by atoms with Crippen LogP contribution in [0, 0.1) is 5.92 Å². The van der Waals surface area contributed by atoms with Crippen molar-refractivity contribution in [1.82, 2.24) is 0 Å². The van der Waals surface area contributed by atoms with E-state index in [1.165, 1.54) is 6.04 Å². The van der Waals surface area contributed by atoms with E-state index in [1.54, 1.807) is 0 Å². The van der Waals surface area contributed by atoms with Crippen molar-refractivity contribution in [2.75, 3.05) is 0 Å². The smallest absolute Gasteiger partial charge is 0.0570 e. The molecule has 0 aliphatic heterocycles. The molecule has 1 heteroatoms. The van der Waals surface area contributed by atoms with Crippen LogP contribution >= 0.6 is 0 Å². The van der Waals surface area contributed by atoms with Crippen LogP contribution in [0.15, 0.2) is 12.7 Å². The van der Waals surface area contributed by atoms with Crippen molar-refractivity contribution in [2.24, 2.45) is 5.92 Å². The Morgan fingerprint density at radius 3 is 2.00 bits per heavy atom. The van der Waals surface area contributed by atoms with E-state index in [0.29, 0.717) is 5.04 Å². The third-order valence-electron chi connectivity index (χ3n) is 3.84. The molecule has 0 spiro atoms. The number of hydrogen-bond donors (Lipinski definition) is 0. The van der Waals surface area contributed by atoms with Gasteiger partial charge < -0.3 is 0 Å². The Labute approximate surface area is 79.1 Å². The summed E-state index contributed by atoms with van der Waals surface area (Å²) in [4.78, 5) is 0. The van der Waals surface area contributed by atoms with Crippen LogP contribution in [0.25, 0.3) is 0 Å². The van der Waals surface area contributed by atoms with Crippen molar-refractivity contribution < 1.29 is 0 Å². The van der Waals surface area contributed by atoms with Crippen molar-refractivity contribution >= 4 is 8.07 Å². The van der Waals surface area contributed by atoms with Gasteiger partial charge in [0, 0.05) is 0 Å². The van der Waals surface area contributed by atoms with Crippen LogP contribution in [-0.2, 0) is 0 Å². The minimum Gasteiger partial charge on any atom is -0.103 e. The van der Waals surface area contributed by atoms with Crippen molar-refractivity contribution in [1.29, 1.82) is 0 Å². The standard InChI is InChI=1S/C11H24Si/c1-8-9-12(6,7)11(4,5)10(2)3/h8,10H,1,9H2,2-7H3. The van der Waals surface area contributed by atoms with Crippen LogP contribution in [0.4, 0.5) is 0 Å². The molecule has 0 amide bonds. The minimum absolute atomic E-state index is 0.515. The van der Waals surface area contributed by atoms with E-state index >= 15 is 0 Å². The van der Waals surface area contributed by atoms with Crippen molar-refractivity contribution in [3.8, 4) is 0 Å². The van der Waals surface area contributed by atoms with Gasteiger partial charge in [-0.25, -0.2) is 0 Å². The summed E-state index contributed by atoms with van der Waals surface area (Å²) in [5, 5.41) is 0.515. The third kappa shape index (κ3) is 2.22. The number of allylic oxidation sites excluding steroid dienone is 1. The van der Waals surface area contributed by atoms with Gasteiger partial charge in [0.05, 0.1) is 8.07 Å². The lowest BCUT2D eigenvalue weighted by Crippen LogP contribution is -2.41. The molecule has 0 bridgehead atoms. The lowest BCUT2D eigenvalue weighted by molar-refractivity contribution is 0.458. The van der Waals surface area contributed by atoms with Gasteiger partial charge in [0.15, 0.2) is 0 Å². The van der Waals surface area contributed by atoms with Crippen LogP contribution in [0.1, 0.15) is 27.7 Å². The quantitative estimate of drug-likeness (QED) is 0.451. The average Bonchev–Trinajstić information content (AvgIpc) is 1.86. The van der Waals surface area contributed by atoms with E-state index in [0.717, 1.165) is 5.92 Å². The molecular formula is C11H24Si. The second-order valence-corrected chi connectivity index (χ2v) is 10.7. The monoisotopic (exact) mass is 184 g/mol. The fourth-order valence-corrected chi connectivity index (χ4v) is 4.22. The van der Waals surface area contributed by atoms with E-state index in [-0.39, 0.29) is 0 Å². The van der Waals surface area contributed by atoms with E-state index in [4.69, 9.17) is 0 Å². The first-order chi connectivity index (χ1) is 5.25. The Bertz CT molecular complexity index is 154. The van der Waals surface area contributed by atoms with Gasteiger partial charge in [0.25, 0.3) is 0 Å². The van der Waals surface area contributed by atoms with Gasteiger partial charge in [-0.2, -0.15) is 0 Å². The van der Waals surface area contributed by atoms with Crippen LogP contribution in [0.5, 0.6) is 0 Å². The average molecular weight is 184 g/mol. The summed E-state index contributed by atoms with van der Waals surface area (Å²) in [5.74, 6) is 0.777. The Morgan fingerprint density at radius 1 is 1.33 bits per heavy atom. The molecule has 0 atom stereocenters. The molecule has 0 aliphatic rings. The van der Waals surface area contributed by atoms with Crippen LogP contribution in [0.2, 0.25) is 24.2 Å². The predicted octanol–water partition coefficient (Wildman–Crippen LogP) is 4.32. The largest absolute Gasteiger partial charge is 0.103 e. The van der Waals surface area contributed by atoms with Gasteiger partial charge in [-0.05, 0) is 17.0 Å². The summed E-state index contributed by atoms with van der Waals surface area (Å²) < 4.78 is 0. The highest BCUT2D eigenvalue weighted by atomic mass is 28.3. The highest BCUT2D eigenvalue weighted by molar-refractivity contribution is 6.80. The lowest BCUT2D eigenvalue weighted by atomic mass is 9.99. The molecule has 72 valence electrons. The maximum Gasteiger partial charge on any atom is 0.0570 e. The summed E-state index contributed by atoms with van der Waals surface area (Å²) in [6, 6.07) is 1.23. The molecule has 0 radical (unpaired) electrons. The van der Waals surface area contributed by atoms with E-state index < -0.39 is 8.07 Å². The highest BCUT2D eigenvalue weighted by Gasteiger charge is 2.39. The van der Waals surface area contributed by atoms with Crippen LogP contribution < -0.4 is 0 Å². The summed E-state index contributed by atoms with van der Waals surface area (Å²) in [6.07, 6.45) is 2.09. The summed E-state index contributed by atoms with van der Waals surface area (Å²) >= 11 is 0. The number of hydrogen-bond acceptors (Lipinski definition) is 0. The molecule has 0 nitrogen and oxygen atoms in total. The molecule has 0 fully saturated rings.